The van der Waals surface area contributed by atoms with Gasteiger partial charge in [-0.25, -0.2) is 0 Å². The van der Waals surface area contributed by atoms with Crippen molar-refractivity contribution in [1.82, 2.24) is 4.90 Å². The van der Waals surface area contributed by atoms with Gasteiger partial charge >= 0.3 is 0 Å². The molecule has 2 aliphatic rings. The van der Waals surface area contributed by atoms with E-state index in [1.54, 1.807) is 16.7 Å². The molecule has 0 radical (unpaired) electrons. The van der Waals surface area contributed by atoms with Crippen LogP contribution in [0.15, 0.2) is 63.4 Å². The van der Waals surface area contributed by atoms with Gasteiger partial charge in [0.1, 0.15) is 4.32 Å². The highest BCUT2D eigenvalue weighted by molar-refractivity contribution is 8.26. The van der Waals surface area contributed by atoms with E-state index in [0.29, 0.717) is 15.8 Å². The number of unbranched alkanes of at least 4 members (excludes halogenated alkanes) is 1. The Morgan fingerprint density at radius 1 is 1.11 bits per heavy atom. The fourth-order valence-corrected chi connectivity index (χ4v) is 5.65. The van der Waals surface area contributed by atoms with E-state index >= 15 is 0 Å². The summed E-state index contributed by atoms with van der Waals surface area (Å²) in [6.07, 6.45) is 5.97. The summed E-state index contributed by atoms with van der Waals surface area (Å²) in [4.78, 5) is 18.5. The fourth-order valence-electron chi connectivity index (χ4n) is 3.21. The Morgan fingerprint density at radius 3 is 2.74 bits per heavy atom. The number of allylic oxidation sites excluding steroid dienone is 2. The van der Waals surface area contributed by atoms with E-state index in [2.05, 4.69) is 55.3 Å². The maximum absolute atomic E-state index is 12.6. The summed E-state index contributed by atoms with van der Waals surface area (Å²) in [7, 11) is 2.07. The van der Waals surface area contributed by atoms with Gasteiger partial charge in [-0.2, -0.15) is 0 Å². The van der Waals surface area contributed by atoms with Crippen molar-refractivity contribution in [3.63, 3.8) is 0 Å². The highest BCUT2D eigenvalue weighted by atomic mass is 32.2. The molecule has 1 amide bonds. The molecule has 1 fully saturated rings. The molecule has 2 heterocycles. The van der Waals surface area contributed by atoms with Crippen LogP contribution in [0.1, 0.15) is 19.8 Å². The molecule has 0 N–H and O–H groups in total. The van der Waals surface area contributed by atoms with Crippen molar-refractivity contribution < 1.29 is 4.79 Å². The molecule has 138 valence electrons. The van der Waals surface area contributed by atoms with Gasteiger partial charge in [0.2, 0.25) is 0 Å². The first-order chi connectivity index (χ1) is 13.1. The van der Waals surface area contributed by atoms with E-state index in [1.807, 2.05) is 12.2 Å². The first-order valence-corrected chi connectivity index (χ1v) is 11.0. The lowest BCUT2D eigenvalue weighted by atomic mass is 10.1. The summed E-state index contributed by atoms with van der Waals surface area (Å²) < 4.78 is 0.666. The largest absolute Gasteiger partial charge is 0.338 e. The molecule has 1 saturated heterocycles. The molecular weight excluding hydrogens is 392 g/mol. The van der Waals surface area contributed by atoms with Crippen molar-refractivity contribution in [1.29, 1.82) is 0 Å². The average Bonchev–Trinajstić information content (AvgIpc) is 3.15. The summed E-state index contributed by atoms with van der Waals surface area (Å²) in [5.74, 6) is 0.0314. The minimum Gasteiger partial charge on any atom is -0.338 e. The zero-order chi connectivity index (χ0) is 19.0. The van der Waals surface area contributed by atoms with Crippen molar-refractivity contribution in [2.24, 2.45) is 0 Å². The van der Waals surface area contributed by atoms with Gasteiger partial charge in [-0.3, -0.25) is 9.69 Å². The summed E-state index contributed by atoms with van der Waals surface area (Å²) >= 11 is 8.53. The van der Waals surface area contributed by atoms with Crippen LogP contribution in [0.4, 0.5) is 5.69 Å². The maximum atomic E-state index is 12.6. The molecular formula is C21H20N2OS3. The van der Waals surface area contributed by atoms with Gasteiger partial charge in [0.05, 0.1) is 15.6 Å². The molecule has 0 saturated carbocycles. The van der Waals surface area contributed by atoms with Crippen LogP contribution >= 0.6 is 35.7 Å². The monoisotopic (exact) mass is 412 g/mol. The average molecular weight is 413 g/mol. The van der Waals surface area contributed by atoms with Crippen LogP contribution in [-0.2, 0) is 4.79 Å². The van der Waals surface area contributed by atoms with Crippen LogP contribution in [0.5, 0.6) is 0 Å². The van der Waals surface area contributed by atoms with Gasteiger partial charge < -0.3 is 4.90 Å². The fraction of sp³-hybridized carbons (Fsp3) is 0.238. The molecule has 2 aromatic rings. The van der Waals surface area contributed by atoms with Crippen LogP contribution in [0.25, 0.3) is 10.8 Å². The second-order valence-corrected chi connectivity index (χ2v) is 9.22. The van der Waals surface area contributed by atoms with Crippen molar-refractivity contribution in [3.05, 3.63) is 58.5 Å². The third kappa shape index (κ3) is 3.42. The molecule has 6 heteroatoms. The van der Waals surface area contributed by atoms with E-state index in [1.165, 1.54) is 33.1 Å². The van der Waals surface area contributed by atoms with Crippen molar-refractivity contribution in [2.75, 3.05) is 18.5 Å². The molecule has 2 aliphatic heterocycles. The predicted octanol–water partition coefficient (Wildman–Crippen LogP) is 5.77. The second-order valence-electron chi connectivity index (χ2n) is 6.51. The molecule has 0 unspecified atom stereocenters. The minimum atomic E-state index is 0.0314. The maximum Gasteiger partial charge on any atom is 0.266 e. The molecule has 0 aromatic heterocycles. The number of nitrogens with zero attached hydrogens (tertiary/aromatic N) is 2. The van der Waals surface area contributed by atoms with Gasteiger partial charge in [0.15, 0.2) is 0 Å². The Labute approximate surface area is 173 Å². The molecule has 3 nitrogen and oxygen atoms in total. The number of hydrogen-bond acceptors (Lipinski definition) is 5. The molecule has 0 aliphatic carbocycles. The zero-order valence-electron chi connectivity index (χ0n) is 15.3. The molecule has 0 bridgehead atoms. The number of hydrogen-bond donors (Lipinski definition) is 0. The highest BCUT2D eigenvalue weighted by Gasteiger charge is 2.31. The third-order valence-corrected chi connectivity index (χ3v) is 7.39. The van der Waals surface area contributed by atoms with Crippen LogP contribution in [0, 0.1) is 0 Å². The first kappa shape index (κ1) is 18.6. The van der Waals surface area contributed by atoms with Gasteiger partial charge in [-0.15, -0.1) is 0 Å². The van der Waals surface area contributed by atoms with Gasteiger partial charge in [-0.1, -0.05) is 79.4 Å². The Hall–Kier alpha value is -1.76. The van der Waals surface area contributed by atoms with Crippen molar-refractivity contribution in [2.45, 2.75) is 24.7 Å². The lowest BCUT2D eigenvalue weighted by Crippen LogP contribution is -2.28. The minimum absolute atomic E-state index is 0.0314. The molecule has 4 rings (SSSR count). The quantitative estimate of drug-likeness (QED) is 0.469. The van der Waals surface area contributed by atoms with E-state index in [4.69, 9.17) is 12.2 Å². The van der Waals surface area contributed by atoms with Crippen LogP contribution < -0.4 is 4.90 Å². The molecule has 0 spiro atoms. The van der Waals surface area contributed by atoms with E-state index in [-0.39, 0.29) is 5.91 Å². The lowest BCUT2D eigenvalue weighted by Gasteiger charge is -2.13. The second kappa shape index (κ2) is 7.70. The Morgan fingerprint density at radius 2 is 1.93 bits per heavy atom. The molecule has 27 heavy (non-hydrogen) atoms. The van der Waals surface area contributed by atoms with E-state index in [0.717, 1.165) is 17.9 Å². The number of thiocarbonyl (C=S) groups is 1. The van der Waals surface area contributed by atoms with Crippen molar-refractivity contribution >= 4 is 62.4 Å². The summed E-state index contributed by atoms with van der Waals surface area (Å²) in [5, 5.41) is 3.62. The summed E-state index contributed by atoms with van der Waals surface area (Å²) in [6, 6.07) is 12.8. The van der Waals surface area contributed by atoms with Crippen molar-refractivity contribution in [3.8, 4) is 0 Å². The summed E-state index contributed by atoms with van der Waals surface area (Å²) in [6.45, 7) is 2.83. The Kier molecular flexibility index (Phi) is 5.30. The number of thioether (sulfide) groups is 2. The Balaban J connectivity index is 1.60. The van der Waals surface area contributed by atoms with Crippen LogP contribution in [0.2, 0.25) is 0 Å². The number of amides is 1. The van der Waals surface area contributed by atoms with Crippen LogP contribution in [0.3, 0.4) is 0 Å². The number of carbonyl (C=O) groups is 1. The van der Waals surface area contributed by atoms with Gasteiger partial charge in [0, 0.05) is 18.5 Å². The molecule has 2 aromatic carbocycles. The first-order valence-electron chi connectivity index (χ1n) is 8.99. The number of benzene rings is 2. The number of rotatable bonds is 4. The predicted molar refractivity (Wildman–Crippen MR) is 121 cm³/mol. The number of anilines is 1. The van der Waals surface area contributed by atoms with Crippen LogP contribution in [-0.4, -0.2) is 28.7 Å². The Bertz CT molecular complexity index is 996. The highest BCUT2D eigenvalue weighted by Crippen LogP contribution is 2.48. The van der Waals surface area contributed by atoms with E-state index in [9.17, 15) is 4.79 Å². The standard InChI is InChI=1S/C21H20N2OS3/c1-3-4-13-23-20(24)17(26-21(23)25)11-12-18-22(2)16-10-9-14-7-5-6-8-15(14)19(16)27-18/h5-12H,3-4,13H2,1-2H3/b17-11-,18-12+. The smallest absolute Gasteiger partial charge is 0.266 e. The number of carbonyl (C=O) groups excluding carboxylic acids is 1. The normalized spacial score (nSPS) is 19.8. The lowest BCUT2D eigenvalue weighted by molar-refractivity contribution is -0.122. The topological polar surface area (TPSA) is 23.6 Å². The van der Waals surface area contributed by atoms with Gasteiger partial charge in [0.25, 0.3) is 5.91 Å². The molecule has 0 atom stereocenters. The van der Waals surface area contributed by atoms with Gasteiger partial charge in [-0.05, 0) is 35.4 Å². The number of fused-ring (bicyclic) bond motifs is 3. The SMILES string of the molecule is CCCCN1C(=O)/C(=C/C=C2/Sc3c(ccc4ccccc34)N2C)SC1=S. The third-order valence-electron chi connectivity index (χ3n) is 4.74. The summed E-state index contributed by atoms with van der Waals surface area (Å²) in [5.41, 5.74) is 1.20. The zero-order valence-corrected chi connectivity index (χ0v) is 17.7. The van der Waals surface area contributed by atoms with E-state index < -0.39 is 0 Å².